The summed E-state index contributed by atoms with van der Waals surface area (Å²) in [6.07, 6.45) is -2.47. The number of nitrogens with zero attached hydrogens (tertiary/aromatic N) is 1. The van der Waals surface area contributed by atoms with E-state index in [1.165, 1.54) is 0 Å². The molecule has 0 spiro atoms. The fraction of sp³-hybridized carbons (Fsp3) is 0.600. The third-order valence-electron chi connectivity index (χ3n) is 7.16. The normalized spacial score (nSPS) is 31.2. The molecule has 0 aliphatic carbocycles. The smallest absolute Gasteiger partial charge is 0.229 e. The Morgan fingerprint density at radius 2 is 1.40 bits per heavy atom. The van der Waals surface area contributed by atoms with E-state index in [4.69, 9.17) is 37.9 Å². The fourth-order valence-electron chi connectivity index (χ4n) is 5.13. The highest BCUT2D eigenvalue weighted by atomic mass is 16.8. The highest BCUT2D eigenvalue weighted by Gasteiger charge is 2.52. The molecule has 6 atom stereocenters. The lowest BCUT2D eigenvalue weighted by Gasteiger charge is -2.48. The minimum absolute atomic E-state index is 0.164. The van der Waals surface area contributed by atoms with Gasteiger partial charge < -0.3 is 43.0 Å². The van der Waals surface area contributed by atoms with Gasteiger partial charge in [-0.05, 0) is 18.6 Å². The topological polar surface area (TPSA) is 97.3 Å². The van der Waals surface area contributed by atoms with E-state index in [0.717, 1.165) is 25.2 Å². The zero-order chi connectivity index (χ0) is 27.4. The van der Waals surface area contributed by atoms with E-state index in [0.29, 0.717) is 58.4 Å². The van der Waals surface area contributed by atoms with Crippen LogP contribution in [-0.4, -0.2) is 113 Å². The second kappa shape index (κ2) is 15.8. The molecule has 3 aliphatic rings. The average molecular weight is 560 g/mol. The van der Waals surface area contributed by atoms with Crippen molar-refractivity contribution in [3.8, 4) is 5.75 Å². The van der Waals surface area contributed by atoms with E-state index in [9.17, 15) is 5.11 Å². The second-order valence-electron chi connectivity index (χ2n) is 9.96. The van der Waals surface area contributed by atoms with Gasteiger partial charge in [-0.25, -0.2) is 0 Å². The predicted octanol–water partition coefficient (Wildman–Crippen LogP) is 2.41. The average Bonchev–Trinajstić information content (AvgIpc) is 3.00. The molecule has 3 saturated heterocycles. The maximum Gasteiger partial charge on any atom is 0.229 e. The lowest BCUT2D eigenvalue weighted by Crippen LogP contribution is -2.64. The van der Waals surface area contributed by atoms with E-state index >= 15 is 0 Å². The summed E-state index contributed by atoms with van der Waals surface area (Å²) in [4.78, 5) is 2.24. The summed E-state index contributed by atoms with van der Waals surface area (Å²) < 4.78 is 49.9. The summed E-state index contributed by atoms with van der Waals surface area (Å²) in [6.45, 7) is 5.46. The highest BCUT2D eigenvalue weighted by molar-refractivity contribution is 5.21. The van der Waals surface area contributed by atoms with Crippen molar-refractivity contribution in [3.05, 3.63) is 66.2 Å². The van der Waals surface area contributed by atoms with E-state index in [-0.39, 0.29) is 6.61 Å². The van der Waals surface area contributed by atoms with Gasteiger partial charge in [-0.2, -0.15) is 0 Å². The first kappa shape index (κ1) is 29.4. The number of aliphatic hydroxyl groups is 1. The van der Waals surface area contributed by atoms with Crippen molar-refractivity contribution in [2.45, 2.75) is 43.4 Å². The number of hydrogen-bond donors (Lipinski definition) is 1. The third-order valence-corrected chi connectivity index (χ3v) is 7.16. The molecule has 3 aliphatic heterocycles. The van der Waals surface area contributed by atoms with E-state index in [2.05, 4.69) is 4.90 Å². The SMILES string of the molecule is OCCCN1CCOCCO[C@@H]2[C@@H](OCCOCC1)[C@H](Oc1ccccc1)O[C@@H]1COC(c3ccccc3)O[C@@H]21. The Bertz CT molecular complexity index is 968. The predicted molar refractivity (Wildman–Crippen MR) is 145 cm³/mol. The molecule has 10 heteroatoms. The van der Waals surface area contributed by atoms with Gasteiger partial charge >= 0.3 is 0 Å². The maximum atomic E-state index is 9.22. The van der Waals surface area contributed by atoms with Crippen molar-refractivity contribution in [1.29, 1.82) is 0 Å². The lowest BCUT2D eigenvalue weighted by atomic mass is 9.97. The Labute approximate surface area is 236 Å². The van der Waals surface area contributed by atoms with Crippen LogP contribution in [0.3, 0.4) is 0 Å². The van der Waals surface area contributed by atoms with Gasteiger partial charge in [0.2, 0.25) is 6.29 Å². The van der Waals surface area contributed by atoms with Crippen LogP contribution in [0.25, 0.3) is 0 Å². The van der Waals surface area contributed by atoms with Gasteiger partial charge in [0, 0.05) is 31.8 Å². The van der Waals surface area contributed by atoms with Gasteiger partial charge in [-0.1, -0.05) is 48.5 Å². The number of aliphatic hydroxyl groups excluding tert-OH is 1. The number of fused-ring (bicyclic) bond motifs is 3. The first-order valence-corrected chi connectivity index (χ1v) is 14.2. The molecule has 3 fully saturated rings. The standard InChI is InChI=1S/C30H41NO9/c32-15-7-12-31-13-16-33-18-20-35-27-26-25(22-37-29(40-26)23-8-3-1-4-9-23)39-30(38-24-10-5-2-6-11-24)28(27)36-21-19-34-17-14-31/h1-6,8-11,25-30,32H,7,12-22H2/t25-,26-,27+,28-,29?,30-/m1/s1. The van der Waals surface area contributed by atoms with Crippen LogP contribution in [0, 0.1) is 0 Å². The minimum atomic E-state index is -0.736. The van der Waals surface area contributed by atoms with Crippen molar-refractivity contribution >= 4 is 0 Å². The van der Waals surface area contributed by atoms with Gasteiger partial charge in [-0.3, -0.25) is 4.90 Å². The van der Waals surface area contributed by atoms with Crippen LogP contribution in [-0.2, 0) is 33.2 Å². The minimum Gasteiger partial charge on any atom is -0.462 e. The highest BCUT2D eigenvalue weighted by Crippen LogP contribution is 2.37. The Hall–Kier alpha value is -2.12. The van der Waals surface area contributed by atoms with E-state index in [1.54, 1.807) is 0 Å². The summed E-state index contributed by atoms with van der Waals surface area (Å²) >= 11 is 0. The zero-order valence-electron chi connectivity index (χ0n) is 22.9. The number of rotatable bonds is 6. The first-order chi connectivity index (χ1) is 19.8. The van der Waals surface area contributed by atoms with Crippen molar-refractivity contribution in [2.75, 3.05) is 72.5 Å². The van der Waals surface area contributed by atoms with E-state index in [1.807, 2.05) is 60.7 Å². The van der Waals surface area contributed by atoms with Crippen molar-refractivity contribution in [3.63, 3.8) is 0 Å². The first-order valence-electron chi connectivity index (χ1n) is 14.2. The molecule has 220 valence electrons. The molecule has 3 heterocycles. The Morgan fingerprint density at radius 3 is 2.10 bits per heavy atom. The number of para-hydroxylation sites is 1. The molecule has 2 aromatic carbocycles. The Morgan fingerprint density at radius 1 is 0.725 bits per heavy atom. The second-order valence-corrected chi connectivity index (χ2v) is 9.96. The van der Waals surface area contributed by atoms with Crippen LogP contribution in [0.15, 0.2) is 60.7 Å². The largest absolute Gasteiger partial charge is 0.462 e. The van der Waals surface area contributed by atoms with Crippen LogP contribution < -0.4 is 4.74 Å². The summed E-state index contributed by atoms with van der Waals surface area (Å²) in [5.41, 5.74) is 0.931. The monoisotopic (exact) mass is 559 g/mol. The van der Waals surface area contributed by atoms with Gasteiger partial charge in [0.1, 0.15) is 30.2 Å². The molecular formula is C30H41NO9. The molecule has 5 rings (SSSR count). The molecule has 0 radical (unpaired) electrons. The van der Waals surface area contributed by atoms with Crippen LogP contribution in [0.5, 0.6) is 5.75 Å². The molecular weight excluding hydrogens is 518 g/mol. The molecule has 1 N–H and O–H groups in total. The number of ether oxygens (including phenoxy) is 8. The fourth-order valence-corrected chi connectivity index (χ4v) is 5.13. The van der Waals surface area contributed by atoms with Gasteiger partial charge in [-0.15, -0.1) is 0 Å². The van der Waals surface area contributed by atoms with Gasteiger partial charge in [0.05, 0.1) is 46.2 Å². The van der Waals surface area contributed by atoms with Crippen LogP contribution in [0.2, 0.25) is 0 Å². The van der Waals surface area contributed by atoms with Crippen molar-refractivity contribution in [2.24, 2.45) is 0 Å². The molecule has 0 bridgehead atoms. The summed E-state index contributed by atoms with van der Waals surface area (Å²) in [7, 11) is 0. The zero-order valence-corrected chi connectivity index (χ0v) is 22.9. The molecule has 40 heavy (non-hydrogen) atoms. The summed E-state index contributed by atoms with van der Waals surface area (Å²) in [5.74, 6) is 0.673. The lowest BCUT2D eigenvalue weighted by molar-refractivity contribution is -0.360. The van der Waals surface area contributed by atoms with Crippen molar-refractivity contribution < 1.29 is 43.0 Å². The van der Waals surface area contributed by atoms with E-state index < -0.39 is 37.0 Å². The van der Waals surface area contributed by atoms with Gasteiger partial charge in [0.15, 0.2) is 6.29 Å². The molecule has 1 unspecified atom stereocenters. The Kier molecular flexibility index (Phi) is 11.6. The Balaban J connectivity index is 1.32. The number of hydrogen-bond acceptors (Lipinski definition) is 10. The summed E-state index contributed by atoms with van der Waals surface area (Å²) in [5, 5.41) is 9.22. The third kappa shape index (κ3) is 8.22. The van der Waals surface area contributed by atoms with Gasteiger partial charge in [0.25, 0.3) is 0 Å². The molecule has 10 nitrogen and oxygen atoms in total. The van der Waals surface area contributed by atoms with Crippen LogP contribution >= 0.6 is 0 Å². The quantitative estimate of drug-likeness (QED) is 0.568. The molecule has 2 aromatic rings. The maximum absolute atomic E-state index is 9.22. The van der Waals surface area contributed by atoms with Crippen LogP contribution in [0.4, 0.5) is 0 Å². The number of benzene rings is 2. The molecule has 0 aromatic heterocycles. The molecule has 0 saturated carbocycles. The van der Waals surface area contributed by atoms with Crippen LogP contribution in [0.1, 0.15) is 18.3 Å². The van der Waals surface area contributed by atoms with Crippen molar-refractivity contribution in [1.82, 2.24) is 4.90 Å². The summed E-state index contributed by atoms with van der Waals surface area (Å²) in [6, 6.07) is 19.4. The molecule has 0 amide bonds.